The lowest BCUT2D eigenvalue weighted by molar-refractivity contribution is 0.383. The Morgan fingerprint density at radius 1 is 1.18 bits per heavy atom. The van der Waals surface area contributed by atoms with Crippen molar-refractivity contribution in [1.29, 1.82) is 0 Å². The molecule has 0 atom stereocenters. The SMILES string of the molecule is C#CCCc1onc(NS(=O)(=O)c2ccc(C(C)(C)C)cc2)c1Sc1ccc(C)c(OC)c1. The summed E-state index contributed by atoms with van der Waals surface area (Å²) in [7, 11) is -2.26. The van der Waals surface area contributed by atoms with Gasteiger partial charge in [-0.2, -0.15) is 0 Å². The molecule has 33 heavy (non-hydrogen) atoms. The second-order valence-corrected chi connectivity index (χ2v) is 11.4. The number of nitrogens with one attached hydrogen (secondary N) is 1. The molecule has 0 aliphatic carbocycles. The van der Waals surface area contributed by atoms with Gasteiger partial charge >= 0.3 is 0 Å². The van der Waals surface area contributed by atoms with Crippen molar-refractivity contribution < 1.29 is 17.7 Å². The van der Waals surface area contributed by atoms with E-state index in [4.69, 9.17) is 15.7 Å². The van der Waals surface area contributed by atoms with Crippen LogP contribution >= 0.6 is 11.8 Å². The number of terminal acetylenes is 1. The number of rotatable bonds is 8. The van der Waals surface area contributed by atoms with Gasteiger partial charge in [0.05, 0.1) is 12.0 Å². The van der Waals surface area contributed by atoms with E-state index in [1.807, 2.05) is 37.3 Å². The molecule has 0 spiro atoms. The third-order valence-corrected chi connectivity index (χ3v) is 7.54. The summed E-state index contributed by atoms with van der Waals surface area (Å²) in [6.07, 6.45) is 6.30. The van der Waals surface area contributed by atoms with E-state index in [9.17, 15) is 8.42 Å². The van der Waals surface area contributed by atoms with Crippen LogP contribution in [0.15, 0.2) is 61.7 Å². The normalized spacial score (nSPS) is 11.8. The molecule has 2 aromatic carbocycles. The molecule has 0 saturated heterocycles. The Morgan fingerprint density at radius 3 is 2.48 bits per heavy atom. The molecule has 6 nitrogen and oxygen atoms in total. The minimum Gasteiger partial charge on any atom is -0.496 e. The summed E-state index contributed by atoms with van der Waals surface area (Å²) in [5.74, 6) is 3.97. The molecule has 0 amide bonds. The first-order valence-electron chi connectivity index (χ1n) is 10.4. The van der Waals surface area contributed by atoms with Crippen molar-refractivity contribution in [1.82, 2.24) is 5.16 Å². The monoisotopic (exact) mass is 484 g/mol. The fourth-order valence-corrected chi connectivity index (χ4v) is 5.18. The fraction of sp³-hybridized carbons (Fsp3) is 0.320. The first-order chi connectivity index (χ1) is 15.5. The van der Waals surface area contributed by atoms with Crippen LogP contribution in [0.25, 0.3) is 0 Å². The molecule has 0 radical (unpaired) electrons. The number of methoxy groups -OCH3 is 1. The van der Waals surface area contributed by atoms with Crippen LogP contribution in [0.5, 0.6) is 5.75 Å². The van der Waals surface area contributed by atoms with Crippen molar-refractivity contribution >= 4 is 27.6 Å². The lowest BCUT2D eigenvalue weighted by Gasteiger charge is -2.19. The minimum absolute atomic E-state index is 0.0767. The second kappa shape index (κ2) is 9.94. The molecule has 3 aromatic rings. The van der Waals surface area contributed by atoms with Crippen LogP contribution in [0.1, 0.15) is 44.1 Å². The van der Waals surface area contributed by atoms with E-state index in [0.29, 0.717) is 23.5 Å². The van der Waals surface area contributed by atoms with Gasteiger partial charge in [0.2, 0.25) is 0 Å². The topological polar surface area (TPSA) is 81.4 Å². The van der Waals surface area contributed by atoms with Crippen molar-refractivity contribution in [3.05, 3.63) is 59.4 Å². The lowest BCUT2D eigenvalue weighted by Crippen LogP contribution is -2.15. The van der Waals surface area contributed by atoms with E-state index in [0.717, 1.165) is 21.8 Å². The number of hydrogen-bond acceptors (Lipinski definition) is 6. The van der Waals surface area contributed by atoms with Crippen LogP contribution in [0.4, 0.5) is 5.82 Å². The van der Waals surface area contributed by atoms with E-state index in [-0.39, 0.29) is 16.1 Å². The van der Waals surface area contributed by atoms with E-state index in [1.165, 1.54) is 11.8 Å². The van der Waals surface area contributed by atoms with Gasteiger partial charge in [0.1, 0.15) is 10.6 Å². The highest BCUT2D eigenvalue weighted by Crippen LogP contribution is 2.39. The predicted molar refractivity (Wildman–Crippen MR) is 131 cm³/mol. The zero-order valence-electron chi connectivity index (χ0n) is 19.4. The van der Waals surface area contributed by atoms with Crippen LogP contribution in [0.3, 0.4) is 0 Å². The molecule has 0 aliphatic rings. The molecule has 0 aliphatic heterocycles. The second-order valence-electron chi connectivity index (χ2n) is 8.60. The van der Waals surface area contributed by atoms with Gasteiger partial charge in [-0.3, -0.25) is 4.72 Å². The Balaban J connectivity index is 1.94. The molecule has 0 fully saturated rings. The summed E-state index contributed by atoms with van der Waals surface area (Å²) in [4.78, 5) is 1.58. The first kappa shape index (κ1) is 24.7. The van der Waals surface area contributed by atoms with Crippen molar-refractivity contribution in [2.75, 3.05) is 11.8 Å². The molecular weight excluding hydrogens is 456 g/mol. The van der Waals surface area contributed by atoms with Crippen LogP contribution in [-0.4, -0.2) is 20.7 Å². The van der Waals surface area contributed by atoms with Gasteiger partial charge in [-0.1, -0.05) is 55.9 Å². The third kappa shape index (κ3) is 5.92. The Labute approximate surface area is 200 Å². The highest BCUT2D eigenvalue weighted by molar-refractivity contribution is 7.99. The van der Waals surface area contributed by atoms with Crippen LogP contribution in [0, 0.1) is 19.3 Å². The van der Waals surface area contributed by atoms with Gasteiger partial charge in [-0.15, -0.1) is 12.3 Å². The molecule has 8 heteroatoms. The highest BCUT2D eigenvalue weighted by atomic mass is 32.2. The highest BCUT2D eigenvalue weighted by Gasteiger charge is 2.24. The number of anilines is 1. The fourth-order valence-electron chi connectivity index (χ4n) is 3.13. The summed E-state index contributed by atoms with van der Waals surface area (Å²) < 4.78 is 39.6. The Kier molecular flexibility index (Phi) is 7.45. The number of ether oxygens (including phenoxy) is 1. The standard InChI is InChI=1S/C25H28N2O4S2/c1-7-8-9-21-23(32-19-13-10-17(2)22(16-19)30-6)24(26-31-21)27-33(28,29)20-14-11-18(12-15-20)25(3,4)5/h1,10-16H,8-9H2,2-6H3,(H,26,27). The molecule has 1 N–H and O–H groups in total. The summed E-state index contributed by atoms with van der Waals surface area (Å²) >= 11 is 1.35. The molecule has 0 bridgehead atoms. The van der Waals surface area contributed by atoms with Gasteiger partial charge in [0.25, 0.3) is 10.0 Å². The summed E-state index contributed by atoms with van der Waals surface area (Å²) in [5, 5.41) is 4.01. The van der Waals surface area contributed by atoms with E-state index < -0.39 is 10.0 Å². The lowest BCUT2D eigenvalue weighted by atomic mass is 9.87. The molecule has 1 aromatic heterocycles. The van der Waals surface area contributed by atoms with Crippen LogP contribution in [0.2, 0.25) is 0 Å². The molecule has 0 saturated carbocycles. The maximum Gasteiger partial charge on any atom is 0.263 e. The predicted octanol–water partition coefficient (Wildman–Crippen LogP) is 5.81. The largest absolute Gasteiger partial charge is 0.496 e. The van der Waals surface area contributed by atoms with Crippen LogP contribution < -0.4 is 9.46 Å². The van der Waals surface area contributed by atoms with Gasteiger partial charge < -0.3 is 9.26 Å². The van der Waals surface area contributed by atoms with Crippen molar-refractivity contribution in [3.63, 3.8) is 0 Å². The third-order valence-electron chi connectivity index (χ3n) is 5.07. The minimum atomic E-state index is -3.87. The number of nitrogens with zero attached hydrogens (tertiary/aromatic N) is 1. The molecule has 174 valence electrons. The molecule has 0 unspecified atom stereocenters. The van der Waals surface area contributed by atoms with Crippen molar-refractivity contribution in [3.8, 4) is 18.1 Å². The van der Waals surface area contributed by atoms with Crippen LogP contribution in [-0.2, 0) is 21.9 Å². The van der Waals surface area contributed by atoms with Gasteiger partial charge in [0.15, 0.2) is 11.6 Å². The van der Waals surface area contributed by atoms with Gasteiger partial charge in [-0.05, 0) is 47.7 Å². The van der Waals surface area contributed by atoms with Gasteiger partial charge in [0, 0.05) is 17.7 Å². The number of sulfonamides is 1. The number of aryl methyl sites for hydroxylation is 2. The molecular formula is C25H28N2O4S2. The van der Waals surface area contributed by atoms with Gasteiger partial charge in [-0.25, -0.2) is 8.42 Å². The average Bonchev–Trinajstić information content (AvgIpc) is 3.13. The summed E-state index contributed by atoms with van der Waals surface area (Å²) in [6.45, 7) is 8.18. The van der Waals surface area contributed by atoms with E-state index in [1.54, 1.807) is 19.2 Å². The number of hydrogen-bond donors (Lipinski definition) is 1. The van der Waals surface area contributed by atoms with E-state index in [2.05, 4.69) is 36.6 Å². The summed E-state index contributed by atoms with van der Waals surface area (Å²) in [5.41, 5.74) is 1.97. The Hall–Kier alpha value is -2.89. The van der Waals surface area contributed by atoms with Crippen molar-refractivity contribution in [2.24, 2.45) is 0 Å². The maximum absolute atomic E-state index is 13.1. The molecule has 3 rings (SSSR count). The average molecular weight is 485 g/mol. The Morgan fingerprint density at radius 2 is 1.88 bits per heavy atom. The van der Waals surface area contributed by atoms with Crippen molar-refractivity contribution in [2.45, 2.75) is 60.6 Å². The Bertz CT molecular complexity index is 1270. The molecule has 1 heterocycles. The quantitative estimate of drug-likeness (QED) is 0.407. The number of aromatic nitrogens is 1. The zero-order chi connectivity index (χ0) is 24.2. The summed E-state index contributed by atoms with van der Waals surface area (Å²) in [6, 6.07) is 12.6. The maximum atomic E-state index is 13.1. The zero-order valence-corrected chi connectivity index (χ0v) is 21.1. The smallest absolute Gasteiger partial charge is 0.263 e. The number of benzene rings is 2. The first-order valence-corrected chi connectivity index (χ1v) is 12.7. The van der Waals surface area contributed by atoms with E-state index >= 15 is 0 Å².